The number of fused-ring (bicyclic) bond motifs is 1. The first-order chi connectivity index (χ1) is 14.4. The van der Waals surface area contributed by atoms with Gasteiger partial charge in [0.05, 0.1) is 4.92 Å². The van der Waals surface area contributed by atoms with Gasteiger partial charge < -0.3 is 4.90 Å². The van der Waals surface area contributed by atoms with E-state index in [-0.39, 0.29) is 17.1 Å². The maximum Gasteiger partial charge on any atom is 0.294 e. The second-order valence-electron chi connectivity index (χ2n) is 7.36. The van der Waals surface area contributed by atoms with Crippen LogP contribution in [-0.4, -0.2) is 27.2 Å². The van der Waals surface area contributed by atoms with Crippen LogP contribution >= 0.6 is 0 Å². The van der Waals surface area contributed by atoms with Crippen molar-refractivity contribution in [1.29, 1.82) is 0 Å². The molecule has 1 atom stereocenters. The molecular weight excluding hydrogens is 384 g/mol. The van der Waals surface area contributed by atoms with Crippen molar-refractivity contribution in [2.75, 3.05) is 11.4 Å². The SMILES string of the molecule is Cc1cc(=O)c(C(=O)N2CCC(C)c3ccccc32)nn1-c1ccccc1[N+](=O)[O-]. The molecule has 0 fully saturated rings. The molecule has 0 spiro atoms. The Bertz CT molecular complexity index is 1220. The Morgan fingerprint density at radius 3 is 2.53 bits per heavy atom. The predicted octanol–water partition coefficient (Wildman–Crippen LogP) is 3.60. The Morgan fingerprint density at radius 1 is 1.13 bits per heavy atom. The van der Waals surface area contributed by atoms with Gasteiger partial charge in [-0.05, 0) is 37.0 Å². The third kappa shape index (κ3) is 3.26. The third-order valence-electron chi connectivity index (χ3n) is 5.41. The average molecular weight is 404 g/mol. The molecule has 0 N–H and O–H groups in total. The van der Waals surface area contributed by atoms with Crippen molar-refractivity contribution in [1.82, 2.24) is 9.78 Å². The molecule has 3 aromatic rings. The summed E-state index contributed by atoms with van der Waals surface area (Å²) in [4.78, 5) is 38.5. The Kier molecular flexibility index (Phi) is 4.91. The van der Waals surface area contributed by atoms with Crippen LogP contribution in [0.1, 0.15) is 41.0 Å². The van der Waals surface area contributed by atoms with Crippen molar-refractivity contribution in [2.45, 2.75) is 26.2 Å². The molecule has 1 aromatic heterocycles. The highest BCUT2D eigenvalue weighted by molar-refractivity contribution is 6.05. The van der Waals surface area contributed by atoms with Crippen LogP contribution in [0.5, 0.6) is 0 Å². The molecule has 8 nitrogen and oxygen atoms in total. The first-order valence-electron chi connectivity index (χ1n) is 9.64. The summed E-state index contributed by atoms with van der Waals surface area (Å²) in [6.45, 7) is 4.20. The molecule has 1 unspecified atom stereocenters. The summed E-state index contributed by atoms with van der Waals surface area (Å²) < 4.78 is 1.28. The Hall–Kier alpha value is -3.81. The summed E-state index contributed by atoms with van der Waals surface area (Å²) in [5.41, 5.74) is 1.47. The number of aromatic nitrogens is 2. The fraction of sp³-hybridized carbons (Fsp3) is 0.227. The zero-order chi connectivity index (χ0) is 21.4. The number of hydrogen-bond acceptors (Lipinski definition) is 5. The monoisotopic (exact) mass is 404 g/mol. The van der Waals surface area contributed by atoms with Gasteiger partial charge in [-0.3, -0.25) is 19.7 Å². The number of hydrogen-bond donors (Lipinski definition) is 0. The highest BCUT2D eigenvalue weighted by Crippen LogP contribution is 2.35. The smallest absolute Gasteiger partial charge is 0.294 e. The van der Waals surface area contributed by atoms with E-state index in [9.17, 15) is 19.7 Å². The maximum absolute atomic E-state index is 13.3. The normalized spacial score (nSPS) is 15.5. The molecule has 0 bridgehead atoms. The van der Waals surface area contributed by atoms with Gasteiger partial charge in [-0.25, -0.2) is 4.68 Å². The van der Waals surface area contributed by atoms with Crippen LogP contribution in [0.25, 0.3) is 5.69 Å². The standard InChI is InChI=1S/C22H20N4O4/c1-14-11-12-24(17-8-4-3-7-16(14)17)22(28)21-20(27)13-15(2)25(23-21)18-9-5-6-10-19(18)26(29)30/h3-10,13-14H,11-12H2,1-2H3. The summed E-state index contributed by atoms with van der Waals surface area (Å²) in [5, 5.41) is 15.7. The molecule has 0 saturated carbocycles. The molecule has 1 amide bonds. The van der Waals surface area contributed by atoms with Crippen molar-refractivity contribution in [2.24, 2.45) is 0 Å². The molecule has 30 heavy (non-hydrogen) atoms. The van der Waals surface area contributed by atoms with E-state index in [1.165, 1.54) is 22.9 Å². The number of nitrogens with zero attached hydrogens (tertiary/aromatic N) is 4. The summed E-state index contributed by atoms with van der Waals surface area (Å²) >= 11 is 0. The lowest BCUT2D eigenvalue weighted by molar-refractivity contribution is -0.384. The average Bonchev–Trinajstić information content (AvgIpc) is 2.74. The lowest BCUT2D eigenvalue weighted by Crippen LogP contribution is -2.40. The molecule has 8 heteroatoms. The first-order valence-corrected chi connectivity index (χ1v) is 9.64. The summed E-state index contributed by atoms with van der Waals surface area (Å²) in [5.74, 6) is -0.202. The van der Waals surface area contributed by atoms with Crippen molar-refractivity contribution in [3.63, 3.8) is 0 Å². The Labute approximate surface area is 172 Å². The number of anilines is 1. The molecule has 1 aliphatic rings. The van der Waals surface area contributed by atoms with E-state index < -0.39 is 16.3 Å². The summed E-state index contributed by atoms with van der Waals surface area (Å²) in [7, 11) is 0. The van der Waals surface area contributed by atoms with Gasteiger partial charge in [-0.1, -0.05) is 37.3 Å². The number of para-hydroxylation sites is 3. The third-order valence-corrected chi connectivity index (χ3v) is 5.41. The second-order valence-corrected chi connectivity index (χ2v) is 7.36. The van der Waals surface area contributed by atoms with Gasteiger partial charge in [0, 0.05) is 30.1 Å². The summed E-state index contributed by atoms with van der Waals surface area (Å²) in [6, 6.07) is 15.0. The zero-order valence-corrected chi connectivity index (χ0v) is 16.6. The zero-order valence-electron chi connectivity index (χ0n) is 16.6. The van der Waals surface area contributed by atoms with Gasteiger partial charge in [0.1, 0.15) is 5.69 Å². The first kappa shape index (κ1) is 19.5. The van der Waals surface area contributed by atoms with Crippen LogP contribution in [0.15, 0.2) is 59.4 Å². The fourth-order valence-electron chi connectivity index (χ4n) is 3.82. The Morgan fingerprint density at radius 2 is 1.80 bits per heavy atom. The van der Waals surface area contributed by atoms with E-state index in [1.54, 1.807) is 24.0 Å². The molecule has 0 aliphatic carbocycles. The largest absolute Gasteiger partial charge is 0.307 e. The van der Waals surface area contributed by atoms with Gasteiger partial charge in [0.2, 0.25) is 5.43 Å². The van der Waals surface area contributed by atoms with Gasteiger partial charge in [-0.2, -0.15) is 5.10 Å². The molecule has 4 rings (SSSR count). The summed E-state index contributed by atoms with van der Waals surface area (Å²) in [6.07, 6.45) is 0.771. The number of nitro groups is 1. The van der Waals surface area contributed by atoms with E-state index in [4.69, 9.17) is 0 Å². The minimum absolute atomic E-state index is 0.160. The van der Waals surface area contributed by atoms with Crippen LogP contribution in [0.4, 0.5) is 11.4 Å². The molecule has 0 radical (unpaired) electrons. The predicted molar refractivity (Wildman–Crippen MR) is 112 cm³/mol. The molecule has 152 valence electrons. The van der Waals surface area contributed by atoms with Gasteiger partial charge in [0.15, 0.2) is 5.69 Å². The lowest BCUT2D eigenvalue weighted by Gasteiger charge is -2.32. The molecule has 1 aliphatic heterocycles. The van der Waals surface area contributed by atoms with E-state index in [1.807, 2.05) is 24.3 Å². The Balaban J connectivity index is 1.83. The number of rotatable bonds is 3. The number of benzene rings is 2. The fourth-order valence-corrected chi connectivity index (χ4v) is 3.82. The quantitative estimate of drug-likeness (QED) is 0.491. The molecule has 0 saturated heterocycles. The number of amides is 1. The second kappa shape index (κ2) is 7.55. The number of nitro benzene ring substituents is 1. The van der Waals surface area contributed by atoms with Gasteiger partial charge in [-0.15, -0.1) is 0 Å². The van der Waals surface area contributed by atoms with Crippen LogP contribution in [-0.2, 0) is 0 Å². The lowest BCUT2D eigenvalue weighted by atomic mass is 9.91. The maximum atomic E-state index is 13.3. The topological polar surface area (TPSA) is 98.3 Å². The van der Waals surface area contributed by atoms with Gasteiger partial charge >= 0.3 is 0 Å². The number of carbonyl (C=O) groups excluding carboxylic acids is 1. The minimum atomic E-state index is -0.516. The van der Waals surface area contributed by atoms with Gasteiger partial charge in [0.25, 0.3) is 11.6 Å². The molecule has 2 aromatic carbocycles. The minimum Gasteiger partial charge on any atom is -0.307 e. The van der Waals surface area contributed by atoms with Crippen molar-refractivity contribution in [3.8, 4) is 5.69 Å². The van der Waals surface area contributed by atoms with E-state index in [0.29, 0.717) is 18.2 Å². The van der Waals surface area contributed by atoms with Crippen LogP contribution in [0.3, 0.4) is 0 Å². The van der Waals surface area contributed by atoms with Crippen LogP contribution in [0, 0.1) is 17.0 Å². The van der Waals surface area contributed by atoms with Crippen LogP contribution < -0.4 is 10.3 Å². The van der Waals surface area contributed by atoms with Crippen molar-refractivity contribution < 1.29 is 9.72 Å². The van der Waals surface area contributed by atoms with Crippen molar-refractivity contribution in [3.05, 3.63) is 91.9 Å². The van der Waals surface area contributed by atoms with E-state index in [0.717, 1.165) is 17.7 Å². The number of carbonyl (C=O) groups is 1. The van der Waals surface area contributed by atoms with E-state index >= 15 is 0 Å². The number of aryl methyl sites for hydroxylation is 1. The van der Waals surface area contributed by atoms with E-state index in [2.05, 4.69) is 12.0 Å². The van der Waals surface area contributed by atoms with Crippen molar-refractivity contribution >= 4 is 17.3 Å². The highest BCUT2D eigenvalue weighted by Gasteiger charge is 2.30. The molecular formula is C22H20N4O4. The highest BCUT2D eigenvalue weighted by atomic mass is 16.6. The van der Waals surface area contributed by atoms with Crippen LogP contribution in [0.2, 0.25) is 0 Å². The molecule has 2 heterocycles.